The maximum atomic E-state index is 13.8. The predicted octanol–water partition coefficient (Wildman–Crippen LogP) is 7.54. The molecule has 0 aromatic heterocycles. The summed E-state index contributed by atoms with van der Waals surface area (Å²) in [6.07, 6.45) is 1.11. The second-order valence-corrected chi connectivity index (χ2v) is 16.7. The number of ether oxygens (including phenoxy) is 1. The number of benzene rings is 3. The number of hydrogen-bond acceptors (Lipinski definition) is 4. The fourth-order valence-electron chi connectivity index (χ4n) is 4.93. The molecule has 1 amide bonds. The SMILES string of the molecule is COc1ccc(C2C(CC[C@H](O[Si](C)(C)C(C)(C)C)c3ccc(F)cc3)C(=O)N2c2ccc(CN)cc2)cc1. The summed E-state index contributed by atoms with van der Waals surface area (Å²) in [5.74, 6) is 0.411. The minimum Gasteiger partial charge on any atom is -0.497 e. The van der Waals surface area contributed by atoms with Gasteiger partial charge in [0.05, 0.1) is 25.2 Å². The molecule has 3 aromatic carbocycles. The number of halogens is 1. The van der Waals surface area contributed by atoms with Gasteiger partial charge in [-0.05, 0) is 84.1 Å². The topological polar surface area (TPSA) is 64.8 Å². The monoisotopic (exact) mass is 548 g/mol. The van der Waals surface area contributed by atoms with Gasteiger partial charge in [-0.3, -0.25) is 4.79 Å². The standard InChI is InChI=1S/C32H41FN2O3Si/c1-32(2,3)39(5,6)38-29(23-9-13-25(33)14-10-23)20-19-28-30(24-11-17-27(37-4)18-12-24)35(31(28)36)26-15-7-22(21-34)8-16-26/h7-18,28-30H,19-21,34H2,1-6H3/t28?,29-,30?/m0/s1. The van der Waals surface area contributed by atoms with Crippen LogP contribution in [0.15, 0.2) is 72.8 Å². The molecule has 39 heavy (non-hydrogen) atoms. The lowest BCUT2D eigenvalue weighted by Gasteiger charge is -2.48. The lowest BCUT2D eigenvalue weighted by Crippen LogP contribution is -2.55. The molecule has 3 atom stereocenters. The Morgan fingerprint density at radius 2 is 1.59 bits per heavy atom. The van der Waals surface area contributed by atoms with Crippen molar-refractivity contribution in [3.05, 3.63) is 95.3 Å². The van der Waals surface area contributed by atoms with Gasteiger partial charge in [-0.25, -0.2) is 4.39 Å². The fraction of sp³-hybridized carbons (Fsp3) is 0.406. The van der Waals surface area contributed by atoms with Crippen molar-refractivity contribution < 1.29 is 18.3 Å². The first-order valence-electron chi connectivity index (χ1n) is 13.6. The van der Waals surface area contributed by atoms with E-state index in [9.17, 15) is 9.18 Å². The van der Waals surface area contributed by atoms with Crippen molar-refractivity contribution in [3.8, 4) is 5.75 Å². The Balaban J connectivity index is 1.62. The summed E-state index contributed by atoms with van der Waals surface area (Å²) in [7, 11) is -0.479. The van der Waals surface area contributed by atoms with Gasteiger partial charge in [0.25, 0.3) is 0 Å². The number of carbonyl (C=O) groups is 1. The molecular formula is C32H41FN2O3Si. The van der Waals surface area contributed by atoms with E-state index in [1.807, 2.05) is 65.6 Å². The first-order chi connectivity index (χ1) is 18.4. The second kappa shape index (κ2) is 11.6. The van der Waals surface area contributed by atoms with Crippen LogP contribution in [-0.4, -0.2) is 21.3 Å². The van der Waals surface area contributed by atoms with Gasteiger partial charge in [0.1, 0.15) is 11.6 Å². The van der Waals surface area contributed by atoms with Gasteiger partial charge in [-0.1, -0.05) is 57.2 Å². The number of nitrogens with two attached hydrogens (primary N) is 1. The average Bonchev–Trinajstić information content (AvgIpc) is 2.91. The Labute approximate surface area is 233 Å². The van der Waals surface area contributed by atoms with Gasteiger partial charge >= 0.3 is 0 Å². The van der Waals surface area contributed by atoms with E-state index in [0.29, 0.717) is 19.4 Å². The van der Waals surface area contributed by atoms with Crippen molar-refractivity contribution in [1.29, 1.82) is 0 Å². The molecule has 5 nitrogen and oxygen atoms in total. The molecule has 1 saturated heterocycles. The third-order valence-electron chi connectivity index (χ3n) is 8.35. The van der Waals surface area contributed by atoms with Crippen LogP contribution in [0.2, 0.25) is 18.1 Å². The molecule has 0 bridgehead atoms. The number of nitrogens with zero attached hydrogens (tertiary/aromatic N) is 1. The number of methoxy groups -OCH3 is 1. The van der Waals surface area contributed by atoms with E-state index in [0.717, 1.165) is 28.1 Å². The number of hydrogen-bond donors (Lipinski definition) is 1. The highest BCUT2D eigenvalue weighted by Crippen LogP contribution is 2.48. The smallest absolute Gasteiger partial charge is 0.233 e. The first kappa shape index (κ1) is 29.0. The van der Waals surface area contributed by atoms with Crippen molar-refractivity contribution in [2.75, 3.05) is 12.0 Å². The largest absolute Gasteiger partial charge is 0.497 e. The molecule has 4 rings (SSSR count). The second-order valence-electron chi connectivity index (χ2n) is 11.9. The van der Waals surface area contributed by atoms with E-state index >= 15 is 0 Å². The van der Waals surface area contributed by atoms with Gasteiger partial charge in [-0.15, -0.1) is 0 Å². The number of anilines is 1. The lowest BCUT2D eigenvalue weighted by atomic mass is 9.78. The fourth-order valence-corrected chi connectivity index (χ4v) is 6.25. The summed E-state index contributed by atoms with van der Waals surface area (Å²) in [6, 6.07) is 22.3. The molecule has 1 aliphatic rings. The maximum absolute atomic E-state index is 13.8. The first-order valence-corrected chi connectivity index (χ1v) is 16.6. The normalized spacial score (nSPS) is 18.6. The quantitative estimate of drug-likeness (QED) is 0.210. The van der Waals surface area contributed by atoms with Gasteiger partial charge in [0, 0.05) is 12.2 Å². The maximum Gasteiger partial charge on any atom is 0.233 e. The van der Waals surface area contributed by atoms with E-state index in [2.05, 4.69) is 33.9 Å². The minimum atomic E-state index is -2.13. The molecule has 3 aromatic rings. The molecule has 0 spiro atoms. The summed E-state index contributed by atoms with van der Waals surface area (Å²) >= 11 is 0. The molecular weight excluding hydrogens is 507 g/mol. The molecule has 0 radical (unpaired) electrons. The highest BCUT2D eigenvalue weighted by Gasteiger charge is 2.49. The van der Waals surface area contributed by atoms with Crippen LogP contribution < -0.4 is 15.4 Å². The zero-order chi connectivity index (χ0) is 28.4. The minimum absolute atomic E-state index is 0.0235. The van der Waals surface area contributed by atoms with E-state index in [-0.39, 0.29) is 34.8 Å². The molecule has 2 unspecified atom stereocenters. The Hall–Kier alpha value is -3.00. The van der Waals surface area contributed by atoms with Gasteiger partial charge in [-0.2, -0.15) is 0 Å². The van der Waals surface area contributed by atoms with Crippen LogP contribution in [0.4, 0.5) is 10.1 Å². The molecule has 208 valence electrons. The number of carbonyl (C=O) groups excluding carboxylic acids is 1. The van der Waals surface area contributed by atoms with Gasteiger partial charge in [0.15, 0.2) is 8.32 Å². The molecule has 1 fully saturated rings. The Morgan fingerprint density at radius 3 is 2.13 bits per heavy atom. The van der Waals surface area contributed by atoms with Crippen LogP contribution in [0.5, 0.6) is 5.75 Å². The molecule has 1 aliphatic heterocycles. The van der Waals surface area contributed by atoms with E-state index in [4.69, 9.17) is 14.9 Å². The van der Waals surface area contributed by atoms with E-state index in [1.165, 1.54) is 12.1 Å². The summed E-state index contributed by atoms with van der Waals surface area (Å²) in [6.45, 7) is 11.5. The number of amides is 1. The van der Waals surface area contributed by atoms with Crippen LogP contribution in [0.25, 0.3) is 0 Å². The van der Waals surface area contributed by atoms with Crippen LogP contribution in [0.3, 0.4) is 0 Å². The van der Waals surface area contributed by atoms with Gasteiger partial charge in [0.2, 0.25) is 5.91 Å². The Morgan fingerprint density at radius 1 is 0.974 bits per heavy atom. The van der Waals surface area contributed by atoms with Crippen molar-refractivity contribution in [3.63, 3.8) is 0 Å². The van der Waals surface area contributed by atoms with E-state index in [1.54, 1.807) is 7.11 Å². The summed E-state index contributed by atoms with van der Waals surface area (Å²) in [4.78, 5) is 15.5. The van der Waals surface area contributed by atoms with Crippen molar-refractivity contribution in [2.24, 2.45) is 11.7 Å². The zero-order valence-corrected chi connectivity index (χ0v) is 24.9. The third-order valence-corrected chi connectivity index (χ3v) is 12.8. The lowest BCUT2D eigenvalue weighted by molar-refractivity contribution is -0.131. The average molecular weight is 549 g/mol. The Bertz CT molecular complexity index is 1250. The number of β-lactam (4-membered cyclic amide) rings is 1. The van der Waals surface area contributed by atoms with Crippen molar-refractivity contribution in [1.82, 2.24) is 0 Å². The summed E-state index contributed by atoms with van der Waals surface area (Å²) in [5, 5.41) is 0.0235. The van der Waals surface area contributed by atoms with Crippen LogP contribution in [-0.2, 0) is 15.8 Å². The molecule has 0 aliphatic carbocycles. The molecule has 0 saturated carbocycles. The molecule has 1 heterocycles. The molecule has 2 N–H and O–H groups in total. The van der Waals surface area contributed by atoms with Crippen LogP contribution >= 0.6 is 0 Å². The van der Waals surface area contributed by atoms with Crippen LogP contribution in [0, 0.1) is 11.7 Å². The van der Waals surface area contributed by atoms with Crippen LogP contribution in [0.1, 0.15) is 62.4 Å². The van der Waals surface area contributed by atoms with Crippen molar-refractivity contribution >= 4 is 19.9 Å². The van der Waals surface area contributed by atoms with E-state index < -0.39 is 8.32 Å². The summed E-state index contributed by atoms with van der Waals surface area (Å²) in [5.41, 5.74) is 9.68. The number of rotatable bonds is 10. The van der Waals surface area contributed by atoms with Crippen molar-refractivity contribution in [2.45, 2.75) is 70.4 Å². The zero-order valence-electron chi connectivity index (χ0n) is 23.9. The van der Waals surface area contributed by atoms with Gasteiger partial charge < -0.3 is 19.8 Å². The molecule has 7 heteroatoms. The predicted molar refractivity (Wildman–Crippen MR) is 158 cm³/mol. The Kier molecular flexibility index (Phi) is 8.64. The summed E-state index contributed by atoms with van der Waals surface area (Å²) < 4.78 is 26.0. The highest BCUT2D eigenvalue weighted by atomic mass is 28.4. The highest BCUT2D eigenvalue weighted by molar-refractivity contribution is 6.74. The third kappa shape index (κ3) is 6.26.